The maximum atomic E-state index is 13.6. The number of fused-ring (bicyclic) bond motifs is 4. The van der Waals surface area contributed by atoms with E-state index in [0.29, 0.717) is 40.3 Å². The first-order chi connectivity index (χ1) is 22.6. The van der Waals surface area contributed by atoms with Crippen LogP contribution >= 0.6 is 0 Å². The Morgan fingerprint density at radius 1 is 0.851 bits per heavy atom. The van der Waals surface area contributed by atoms with Crippen LogP contribution in [0.4, 0.5) is 17.2 Å². The molecule has 2 aliphatic heterocycles. The lowest BCUT2D eigenvalue weighted by Gasteiger charge is -2.40. The van der Waals surface area contributed by atoms with E-state index in [9.17, 15) is 13.2 Å². The standard InChI is InChI=1S/C36H33N5O5S/c1-21(2)23-10-15-26(16-11-23)47(43,44)27-17-13-25(14-18-27)41-34-32(22(3)39-41)33(24-12-19-30(45-4)31(20-24)46-5)40-29-9-7-6-8-28(29)37-36(42)35(40)38-34/h6-21,33H,1-5H3,(H,37,42)/t33-/m0/s1. The number of carbonyl (C=O) groups excluding carboxylic acids is 1. The zero-order valence-corrected chi connectivity index (χ0v) is 27.4. The van der Waals surface area contributed by atoms with E-state index in [0.717, 1.165) is 22.4 Å². The number of nitrogens with one attached hydrogen (secondary N) is 1. The molecule has 7 rings (SSSR count). The van der Waals surface area contributed by atoms with Crippen molar-refractivity contribution in [3.8, 4) is 17.2 Å². The molecule has 1 aromatic heterocycles. The number of nitrogens with zero attached hydrogens (tertiary/aromatic N) is 4. The van der Waals surface area contributed by atoms with Gasteiger partial charge in [-0.25, -0.2) is 18.1 Å². The van der Waals surface area contributed by atoms with Crippen molar-refractivity contribution in [2.75, 3.05) is 24.4 Å². The summed E-state index contributed by atoms with van der Waals surface area (Å²) in [6.45, 7) is 6.03. The van der Waals surface area contributed by atoms with E-state index in [-0.39, 0.29) is 21.5 Å². The van der Waals surface area contributed by atoms with Gasteiger partial charge in [0.25, 0.3) is 5.91 Å². The van der Waals surface area contributed by atoms with Crippen LogP contribution < -0.4 is 19.7 Å². The number of amidine groups is 1. The number of aryl methyl sites for hydroxylation is 1. The average molecular weight is 648 g/mol. The molecule has 1 atom stereocenters. The molecule has 0 aliphatic carbocycles. The predicted octanol–water partition coefficient (Wildman–Crippen LogP) is 6.75. The molecule has 5 aromatic rings. The van der Waals surface area contributed by atoms with Gasteiger partial charge in [0.1, 0.15) is 0 Å². The van der Waals surface area contributed by atoms with Crippen molar-refractivity contribution in [2.45, 2.75) is 42.5 Å². The Morgan fingerprint density at radius 3 is 2.17 bits per heavy atom. The SMILES string of the molecule is COc1ccc([C@H]2c3c(C)nn(-c4ccc(S(=O)(=O)c5ccc(C(C)C)cc5)cc4)c3N=C3C(=O)Nc4ccccc4N32)cc1OC. The van der Waals surface area contributed by atoms with Crippen molar-refractivity contribution in [2.24, 2.45) is 4.99 Å². The number of amides is 1. The molecule has 0 fully saturated rings. The van der Waals surface area contributed by atoms with Gasteiger partial charge in [-0.05, 0) is 84.6 Å². The normalized spacial score (nSPS) is 15.4. The summed E-state index contributed by atoms with van der Waals surface area (Å²) < 4.78 is 39.8. The molecule has 1 N–H and O–H groups in total. The first kappa shape index (κ1) is 30.2. The van der Waals surface area contributed by atoms with Crippen LogP contribution in [0.15, 0.2) is 106 Å². The smallest absolute Gasteiger partial charge is 0.291 e. The lowest BCUT2D eigenvalue weighted by atomic mass is 9.93. The van der Waals surface area contributed by atoms with Crippen molar-refractivity contribution in [1.29, 1.82) is 0 Å². The summed E-state index contributed by atoms with van der Waals surface area (Å²) in [7, 11) is -0.576. The van der Waals surface area contributed by atoms with Gasteiger partial charge in [0.2, 0.25) is 15.7 Å². The number of anilines is 2. The third-order valence-electron chi connectivity index (χ3n) is 8.64. The molecule has 4 aromatic carbocycles. The van der Waals surface area contributed by atoms with E-state index in [1.54, 1.807) is 55.3 Å². The summed E-state index contributed by atoms with van der Waals surface area (Å²) in [4.78, 5) is 20.8. The topological polar surface area (TPSA) is 115 Å². The van der Waals surface area contributed by atoms with Crippen LogP contribution in [0.2, 0.25) is 0 Å². The molecule has 10 nitrogen and oxygen atoms in total. The highest BCUT2D eigenvalue weighted by Crippen LogP contribution is 2.48. The Hall–Kier alpha value is -5.42. The molecule has 3 heterocycles. The first-order valence-electron chi connectivity index (χ1n) is 15.2. The largest absolute Gasteiger partial charge is 0.493 e. The van der Waals surface area contributed by atoms with E-state index in [1.165, 1.54) is 0 Å². The lowest BCUT2D eigenvalue weighted by Crippen LogP contribution is -2.48. The third kappa shape index (κ3) is 4.94. The van der Waals surface area contributed by atoms with Gasteiger partial charge in [-0.3, -0.25) is 4.79 Å². The van der Waals surface area contributed by atoms with Crippen LogP contribution in [0.1, 0.15) is 48.2 Å². The number of para-hydroxylation sites is 2. The number of benzene rings is 4. The quantitative estimate of drug-likeness (QED) is 0.208. The number of hydrogen-bond acceptors (Lipinski definition) is 8. The number of aliphatic imine (C=N–C) groups is 1. The highest BCUT2D eigenvalue weighted by Gasteiger charge is 2.43. The summed E-state index contributed by atoms with van der Waals surface area (Å²) in [5.74, 6) is 1.76. The Morgan fingerprint density at radius 2 is 1.51 bits per heavy atom. The van der Waals surface area contributed by atoms with Crippen LogP contribution in [0.5, 0.6) is 11.5 Å². The van der Waals surface area contributed by atoms with Crippen molar-refractivity contribution in [3.63, 3.8) is 0 Å². The van der Waals surface area contributed by atoms with Crippen molar-refractivity contribution >= 4 is 38.8 Å². The predicted molar refractivity (Wildman–Crippen MR) is 180 cm³/mol. The average Bonchev–Trinajstić information content (AvgIpc) is 3.42. The molecule has 238 valence electrons. The Labute approximate surface area is 273 Å². The van der Waals surface area contributed by atoms with Gasteiger partial charge in [-0.15, -0.1) is 0 Å². The molecule has 2 aliphatic rings. The maximum absolute atomic E-state index is 13.6. The zero-order chi connectivity index (χ0) is 33.0. The van der Waals surface area contributed by atoms with E-state index < -0.39 is 15.9 Å². The fourth-order valence-corrected chi connectivity index (χ4v) is 7.46. The number of rotatable bonds is 7. The lowest BCUT2D eigenvalue weighted by molar-refractivity contribution is -0.110. The van der Waals surface area contributed by atoms with Crippen LogP contribution in [0.25, 0.3) is 5.69 Å². The molecule has 1 amide bonds. The number of carbonyl (C=O) groups is 1. The molecule has 0 spiro atoms. The molecule has 0 saturated carbocycles. The number of aromatic nitrogens is 2. The minimum Gasteiger partial charge on any atom is -0.493 e. The first-order valence-corrected chi connectivity index (χ1v) is 16.7. The van der Waals surface area contributed by atoms with Gasteiger partial charge in [0, 0.05) is 5.56 Å². The van der Waals surface area contributed by atoms with Crippen molar-refractivity contribution in [3.05, 3.63) is 113 Å². The summed E-state index contributed by atoms with van der Waals surface area (Å²) in [6, 6.07) is 26.3. The second-order valence-electron chi connectivity index (χ2n) is 11.7. The zero-order valence-electron chi connectivity index (χ0n) is 26.6. The number of hydrogen-bond donors (Lipinski definition) is 1. The van der Waals surface area contributed by atoms with E-state index in [4.69, 9.17) is 19.6 Å². The van der Waals surface area contributed by atoms with Gasteiger partial charge in [0.15, 0.2) is 17.3 Å². The Kier molecular flexibility index (Phi) is 7.35. The van der Waals surface area contributed by atoms with Crippen LogP contribution in [-0.4, -0.2) is 44.2 Å². The Balaban J connectivity index is 1.36. The number of methoxy groups -OCH3 is 2. The molecular weight excluding hydrogens is 614 g/mol. The monoisotopic (exact) mass is 647 g/mol. The summed E-state index contributed by atoms with van der Waals surface area (Å²) >= 11 is 0. The highest BCUT2D eigenvalue weighted by atomic mass is 32.2. The number of ether oxygens (including phenoxy) is 2. The van der Waals surface area contributed by atoms with E-state index in [2.05, 4.69) is 19.2 Å². The van der Waals surface area contributed by atoms with Crippen LogP contribution in [-0.2, 0) is 14.6 Å². The second-order valence-corrected chi connectivity index (χ2v) is 13.7. The molecule has 47 heavy (non-hydrogen) atoms. The van der Waals surface area contributed by atoms with Gasteiger partial charge in [0.05, 0.1) is 52.8 Å². The molecule has 0 saturated heterocycles. The van der Waals surface area contributed by atoms with Crippen molar-refractivity contribution < 1.29 is 22.7 Å². The van der Waals surface area contributed by atoms with Crippen LogP contribution in [0.3, 0.4) is 0 Å². The highest BCUT2D eigenvalue weighted by molar-refractivity contribution is 7.91. The van der Waals surface area contributed by atoms with Crippen molar-refractivity contribution in [1.82, 2.24) is 9.78 Å². The van der Waals surface area contributed by atoms with E-state index >= 15 is 0 Å². The molecule has 11 heteroatoms. The molecule has 0 bridgehead atoms. The fraction of sp³-hybridized carbons (Fsp3) is 0.194. The van der Waals surface area contributed by atoms with Gasteiger partial charge in [-0.1, -0.05) is 44.2 Å². The third-order valence-corrected chi connectivity index (χ3v) is 10.4. The van der Waals surface area contributed by atoms with Gasteiger partial charge < -0.3 is 19.7 Å². The molecule has 0 unspecified atom stereocenters. The summed E-state index contributed by atoms with van der Waals surface area (Å²) in [5.41, 5.74) is 5.48. The summed E-state index contributed by atoms with van der Waals surface area (Å²) in [5, 5.41) is 7.84. The van der Waals surface area contributed by atoms with Gasteiger partial charge in [-0.2, -0.15) is 5.10 Å². The Bertz CT molecular complexity index is 2170. The van der Waals surface area contributed by atoms with Gasteiger partial charge >= 0.3 is 0 Å². The molecule has 0 radical (unpaired) electrons. The minimum absolute atomic E-state index is 0.167. The molecular formula is C36H33N5O5S. The summed E-state index contributed by atoms with van der Waals surface area (Å²) in [6.07, 6.45) is 0. The second kappa shape index (κ2) is 11.4. The number of sulfone groups is 1. The van der Waals surface area contributed by atoms with Crippen LogP contribution in [0, 0.1) is 6.92 Å². The fourth-order valence-electron chi connectivity index (χ4n) is 6.19. The van der Waals surface area contributed by atoms with E-state index in [1.807, 2.05) is 66.4 Å². The minimum atomic E-state index is -3.74. The maximum Gasteiger partial charge on any atom is 0.291 e.